The maximum atomic E-state index is 13.4. The van der Waals surface area contributed by atoms with Crippen LogP contribution in [-0.2, 0) is 14.3 Å². The standard InChI is InChI=1S/C28H29N3O4/c32-26(29-27(21-9-3-1-4-10-21)22-11-5-2-6-12-22)20-31-19-25(28(33)30-15-17-34-18-16-30)35-24-14-8-7-13-23(24)31/h1-14,25,27H,15-20H2,(H,29,32)/t25-/m0/s1. The number of anilines is 1. The number of carbonyl (C=O) groups is 2. The van der Waals surface area contributed by atoms with Crippen LogP contribution in [0.4, 0.5) is 5.69 Å². The van der Waals surface area contributed by atoms with Crippen molar-refractivity contribution in [3.05, 3.63) is 96.1 Å². The quantitative estimate of drug-likeness (QED) is 0.599. The second-order valence-corrected chi connectivity index (χ2v) is 8.71. The maximum Gasteiger partial charge on any atom is 0.265 e. The number of ether oxygens (including phenoxy) is 2. The summed E-state index contributed by atoms with van der Waals surface area (Å²) in [5.74, 6) is 0.414. The molecule has 1 saturated heterocycles. The zero-order chi connectivity index (χ0) is 24.0. The normalized spacial score (nSPS) is 17.5. The van der Waals surface area contributed by atoms with Gasteiger partial charge >= 0.3 is 0 Å². The van der Waals surface area contributed by atoms with Gasteiger partial charge in [0.2, 0.25) is 5.91 Å². The van der Waals surface area contributed by atoms with Gasteiger partial charge in [-0.15, -0.1) is 0 Å². The van der Waals surface area contributed by atoms with Crippen LogP contribution in [0.2, 0.25) is 0 Å². The van der Waals surface area contributed by atoms with Gasteiger partial charge < -0.3 is 24.6 Å². The number of benzene rings is 3. The number of nitrogens with one attached hydrogen (secondary N) is 1. The van der Waals surface area contributed by atoms with E-state index in [1.165, 1.54) is 0 Å². The van der Waals surface area contributed by atoms with E-state index < -0.39 is 6.10 Å². The van der Waals surface area contributed by atoms with E-state index in [1.807, 2.05) is 89.8 Å². The fourth-order valence-electron chi connectivity index (χ4n) is 4.60. The minimum atomic E-state index is -0.671. The zero-order valence-electron chi connectivity index (χ0n) is 19.5. The molecule has 1 atom stereocenters. The molecule has 35 heavy (non-hydrogen) atoms. The summed E-state index contributed by atoms with van der Waals surface area (Å²) in [6.07, 6.45) is -0.671. The number of rotatable bonds is 6. The molecule has 1 fully saturated rings. The third-order valence-corrected chi connectivity index (χ3v) is 6.37. The first kappa shape index (κ1) is 22.9. The van der Waals surface area contributed by atoms with E-state index in [4.69, 9.17) is 9.47 Å². The van der Waals surface area contributed by atoms with E-state index in [9.17, 15) is 9.59 Å². The Bertz CT molecular complexity index is 1110. The van der Waals surface area contributed by atoms with Crippen molar-refractivity contribution in [1.29, 1.82) is 0 Å². The van der Waals surface area contributed by atoms with Gasteiger partial charge in [-0.2, -0.15) is 0 Å². The fraction of sp³-hybridized carbons (Fsp3) is 0.286. The van der Waals surface area contributed by atoms with Crippen molar-refractivity contribution >= 4 is 17.5 Å². The second kappa shape index (κ2) is 10.6. The summed E-state index contributed by atoms with van der Waals surface area (Å²) in [5.41, 5.74) is 2.83. The smallest absolute Gasteiger partial charge is 0.265 e. The number of amides is 2. The predicted octanol–water partition coefficient (Wildman–Crippen LogP) is 3.02. The Morgan fingerprint density at radius 3 is 2.11 bits per heavy atom. The van der Waals surface area contributed by atoms with Crippen LogP contribution >= 0.6 is 0 Å². The molecule has 0 bridgehead atoms. The summed E-state index contributed by atoms with van der Waals surface area (Å²) in [6.45, 7) is 2.59. The van der Waals surface area contributed by atoms with E-state index in [0.29, 0.717) is 38.6 Å². The van der Waals surface area contributed by atoms with E-state index in [2.05, 4.69) is 5.32 Å². The van der Waals surface area contributed by atoms with Gasteiger partial charge in [0.1, 0.15) is 5.75 Å². The Labute approximate surface area is 205 Å². The summed E-state index contributed by atoms with van der Waals surface area (Å²) in [4.78, 5) is 30.2. The molecule has 0 spiro atoms. The van der Waals surface area contributed by atoms with Gasteiger partial charge in [-0.25, -0.2) is 0 Å². The van der Waals surface area contributed by atoms with Crippen molar-refractivity contribution in [1.82, 2.24) is 10.2 Å². The minimum absolute atomic E-state index is 0.0698. The molecule has 180 valence electrons. The van der Waals surface area contributed by atoms with Gasteiger partial charge in [0.05, 0.1) is 38.0 Å². The molecule has 3 aromatic rings. The van der Waals surface area contributed by atoms with Crippen molar-refractivity contribution in [2.75, 3.05) is 44.3 Å². The van der Waals surface area contributed by atoms with Crippen LogP contribution in [0.1, 0.15) is 17.2 Å². The SMILES string of the molecule is O=C(CN1C[C@@H](C(=O)N2CCOCC2)Oc2ccccc21)NC(c1ccccc1)c1ccccc1. The summed E-state index contributed by atoms with van der Waals surface area (Å²) in [5, 5.41) is 3.20. The van der Waals surface area contributed by atoms with Crippen LogP contribution in [0.15, 0.2) is 84.9 Å². The predicted molar refractivity (Wildman–Crippen MR) is 133 cm³/mol. The molecule has 2 aliphatic heterocycles. The first-order valence-corrected chi connectivity index (χ1v) is 12.0. The fourth-order valence-corrected chi connectivity index (χ4v) is 4.60. The van der Waals surface area contributed by atoms with Crippen molar-refractivity contribution in [2.45, 2.75) is 12.1 Å². The lowest BCUT2D eigenvalue weighted by Gasteiger charge is -2.38. The highest BCUT2D eigenvalue weighted by molar-refractivity contribution is 5.86. The van der Waals surface area contributed by atoms with Crippen LogP contribution in [-0.4, -0.2) is 62.2 Å². The molecule has 2 amide bonds. The monoisotopic (exact) mass is 471 g/mol. The number of hydrogen-bond donors (Lipinski definition) is 1. The Hall–Kier alpha value is -3.84. The minimum Gasteiger partial charge on any atom is -0.477 e. The molecule has 2 aliphatic rings. The Kier molecular flexibility index (Phi) is 6.95. The average molecular weight is 472 g/mol. The lowest BCUT2D eigenvalue weighted by Crippen LogP contribution is -2.54. The number of morpholine rings is 1. The van der Waals surface area contributed by atoms with Crippen molar-refractivity contribution in [2.24, 2.45) is 0 Å². The highest BCUT2D eigenvalue weighted by Gasteiger charge is 2.35. The first-order chi connectivity index (χ1) is 17.2. The Morgan fingerprint density at radius 2 is 1.46 bits per heavy atom. The summed E-state index contributed by atoms with van der Waals surface area (Å²) in [6, 6.07) is 27.1. The first-order valence-electron chi connectivity index (χ1n) is 12.0. The van der Waals surface area contributed by atoms with Crippen LogP contribution in [0.3, 0.4) is 0 Å². The second-order valence-electron chi connectivity index (χ2n) is 8.71. The maximum absolute atomic E-state index is 13.4. The van der Waals surface area contributed by atoms with Gasteiger partial charge in [0.15, 0.2) is 6.10 Å². The number of nitrogens with zero attached hydrogens (tertiary/aromatic N) is 2. The Morgan fingerprint density at radius 1 is 0.857 bits per heavy atom. The highest BCUT2D eigenvalue weighted by Crippen LogP contribution is 2.33. The highest BCUT2D eigenvalue weighted by atomic mass is 16.5. The van der Waals surface area contributed by atoms with Gasteiger partial charge in [0, 0.05) is 13.1 Å². The van der Waals surface area contributed by atoms with E-state index in [0.717, 1.165) is 16.8 Å². The third kappa shape index (κ3) is 5.30. The van der Waals surface area contributed by atoms with E-state index in [1.54, 1.807) is 4.90 Å². The van der Waals surface area contributed by atoms with Crippen molar-refractivity contribution in [3.8, 4) is 5.75 Å². The van der Waals surface area contributed by atoms with Gasteiger partial charge in [-0.3, -0.25) is 9.59 Å². The van der Waals surface area contributed by atoms with Crippen LogP contribution in [0, 0.1) is 0 Å². The number of fused-ring (bicyclic) bond motifs is 1. The zero-order valence-corrected chi connectivity index (χ0v) is 19.5. The topological polar surface area (TPSA) is 71.1 Å². The van der Waals surface area contributed by atoms with Crippen LogP contribution < -0.4 is 15.0 Å². The van der Waals surface area contributed by atoms with Crippen molar-refractivity contribution < 1.29 is 19.1 Å². The number of carbonyl (C=O) groups excluding carboxylic acids is 2. The molecule has 7 heteroatoms. The van der Waals surface area contributed by atoms with E-state index >= 15 is 0 Å². The summed E-state index contributed by atoms with van der Waals surface area (Å²) in [7, 11) is 0. The van der Waals surface area contributed by atoms with Crippen LogP contribution in [0.5, 0.6) is 5.75 Å². The molecule has 0 radical (unpaired) electrons. The third-order valence-electron chi connectivity index (χ3n) is 6.37. The molecular formula is C28H29N3O4. The molecule has 2 heterocycles. The molecule has 0 unspecified atom stereocenters. The largest absolute Gasteiger partial charge is 0.477 e. The van der Waals surface area contributed by atoms with Crippen LogP contribution in [0.25, 0.3) is 0 Å². The molecule has 3 aromatic carbocycles. The molecule has 5 rings (SSSR count). The van der Waals surface area contributed by atoms with Gasteiger partial charge in [-0.05, 0) is 23.3 Å². The molecule has 0 saturated carbocycles. The molecular weight excluding hydrogens is 442 g/mol. The Balaban J connectivity index is 1.34. The summed E-state index contributed by atoms with van der Waals surface area (Å²) < 4.78 is 11.5. The van der Waals surface area contributed by atoms with Crippen molar-refractivity contribution in [3.63, 3.8) is 0 Å². The lowest BCUT2D eigenvalue weighted by molar-refractivity contribution is -0.142. The number of hydrogen-bond acceptors (Lipinski definition) is 5. The molecule has 1 N–H and O–H groups in total. The molecule has 0 aliphatic carbocycles. The average Bonchev–Trinajstić information content (AvgIpc) is 2.92. The lowest BCUT2D eigenvalue weighted by atomic mass is 9.98. The van der Waals surface area contributed by atoms with Gasteiger partial charge in [-0.1, -0.05) is 72.8 Å². The number of para-hydroxylation sites is 2. The molecule has 0 aromatic heterocycles. The molecule has 7 nitrogen and oxygen atoms in total. The van der Waals surface area contributed by atoms with E-state index in [-0.39, 0.29) is 24.4 Å². The van der Waals surface area contributed by atoms with Gasteiger partial charge in [0.25, 0.3) is 5.91 Å². The summed E-state index contributed by atoms with van der Waals surface area (Å²) >= 11 is 0.